The molecule has 0 bridgehead atoms. The molecule has 0 radical (unpaired) electrons. The molecule has 2 nitrogen and oxygen atoms in total. The van der Waals surface area contributed by atoms with Crippen LogP contribution < -0.4 is 0 Å². The highest BCUT2D eigenvalue weighted by atomic mass is 15.1. The van der Waals surface area contributed by atoms with Gasteiger partial charge in [0.2, 0.25) is 0 Å². The van der Waals surface area contributed by atoms with E-state index >= 15 is 0 Å². The van der Waals surface area contributed by atoms with Gasteiger partial charge in [-0.05, 0) is 17.7 Å². The molecule has 0 spiro atoms. The van der Waals surface area contributed by atoms with Crippen LogP contribution in [-0.4, -0.2) is 9.13 Å². The van der Waals surface area contributed by atoms with Crippen molar-refractivity contribution in [3.05, 3.63) is 60.4 Å². The van der Waals surface area contributed by atoms with Crippen LogP contribution in [0.3, 0.4) is 0 Å². The van der Waals surface area contributed by atoms with Gasteiger partial charge in [-0.15, -0.1) is 0 Å². The lowest BCUT2D eigenvalue weighted by Crippen LogP contribution is -1.92. The fourth-order valence-electron chi connectivity index (χ4n) is 2.98. The Bertz CT molecular complexity index is 717. The van der Waals surface area contributed by atoms with Crippen LogP contribution in [0.2, 0.25) is 0 Å². The number of aryl methyl sites for hydroxylation is 1. The highest BCUT2D eigenvalue weighted by Gasteiger charge is 2.24. The maximum absolute atomic E-state index is 2.32. The van der Waals surface area contributed by atoms with Crippen LogP contribution >= 0.6 is 0 Å². The average molecular weight is 234 g/mol. The third-order valence-corrected chi connectivity index (χ3v) is 3.77. The summed E-state index contributed by atoms with van der Waals surface area (Å²) >= 11 is 0. The van der Waals surface area contributed by atoms with E-state index < -0.39 is 0 Å². The van der Waals surface area contributed by atoms with Crippen molar-refractivity contribution in [2.75, 3.05) is 0 Å². The standard InChI is InChI=1S/C16H14N2/c1-17-10-13(12-6-3-2-4-7-12)14-11-18-9-5-8-15(18)16(14)17/h2-10H,11H2,1H3. The Morgan fingerprint density at radius 2 is 1.83 bits per heavy atom. The van der Waals surface area contributed by atoms with Gasteiger partial charge in [0.1, 0.15) is 0 Å². The zero-order valence-corrected chi connectivity index (χ0v) is 10.3. The molecule has 4 rings (SSSR count). The quantitative estimate of drug-likeness (QED) is 0.477. The molecule has 2 aromatic heterocycles. The molecule has 0 saturated heterocycles. The van der Waals surface area contributed by atoms with Crippen molar-refractivity contribution in [3.8, 4) is 22.5 Å². The number of hydrogen-bond donors (Lipinski definition) is 0. The number of nitrogens with zero attached hydrogens (tertiary/aromatic N) is 2. The molecule has 0 N–H and O–H groups in total. The van der Waals surface area contributed by atoms with Crippen LogP contribution in [-0.2, 0) is 13.6 Å². The number of rotatable bonds is 1. The average Bonchev–Trinajstić information content (AvgIpc) is 3.02. The van der Waals surface area contributed by atoms with Gasteiger partial charge in [-0.3, -0.25) is 0 Å². The lowest BCUT2D eigenvalue weighted by molar-refractivity contribution is 0.851. The van der Waals surface area contributed by atoms with Gasteiger partial charge < -0.3 is 9.13 Å². The van der Waals surface area contributed by atoms with Gasteiger partial charge in [-0.2, -0.15) is 0 Å². The second kappa shape index (κ2) is 3.39. The zero-order chi connectivity index (χ0) is 12.1. The number of fused-ring (bicyclic) bond motifs is 3. The Kier molecular flexibility index (Phi) is 1.84. The fraction of sp³-hybridized carbons (Fsp3) is 0.125. The molecular weight excluding hydrogens is 220 g/mol. The highest BCUT2D eigenvalue weighted by molar-refractivity contribution is 5.79. The Balaban J connectivity index is 1.97. The first-order chi connectivity index (χ1) is 8.84. The first-order valence-electron chi connectivity index (χ1n) is 6.24. The van der Waals surface area contributed by atoms with Crippen molar-refractivity contribution in [3.63, 3.8) is 0 Å². The molecule has 18 heavy (non-hydrogen) atoms. The lowest BCUT2D eigenvalue weighted by atomic mass is 10.0. The molecule has 0 fully saturated rings. The first kappa shape index (κ1) is 9.77. The van der Waals surface area contributed by atoms with Gasteiger partial charge in [-0.25, -0.2) is 0 Å². The van der Waals surface area contributed by atoms with Crippen LogP contribution in [0.5, 0.6) is 0 Å². The van der Waals surface area contributed by atoms with E-state index in [4.69, 9.17) is 0 Å². The Morgan fingerprint density at radius 3 is 2.67 bits per heavy atom. The molecule has 1 aliphatic rings. The summed E-state index contributed by atoms with van der Waals surface area (Å²) in [6, 6.07) is 14.9. The van der Waals surface area contributed by atoms with Crippen LogP contribution in [0, 0.1) is 0 Å². The zero-order valence-electron chi connectivity index (χ0n) is 10.3. The maximum atomic E-state index is 2.32. The normalized spacial score (nSPS) is 12.5. The van der Waals surface area contributed by atoms with Gasteiger partial charge in [0.15, 0.2) is 0 Å². The summed E-state index contributed by atoms with van der Waals surface area (Å²) in [5, 5.41) is 0. The Labute approximate surface area is 106 Å². The van der Waals surface area contributed by atoms with E-state index in [0.29, 0.717) is 0 Å². The van der Waals surface area contributed by atoms with Gasteiger partial charge in [0.05, 0.1) is 17.9 Å². The summed E-state index contributed by atoms with van der Waals surface area (Å²) in [6.45, 7) is 0.989. The van der Waals surface area contributed by atoms with E-state index in [0.717, 1.165) is 6.54 Å². The minimum absolute atomic E-state index is 0.989. The van der Waals surface area contributed by atoms with Gasteiger partial charge in [0.25, 0.3) is 0 Å². The van der Waals surface area contributed by atoms with E-state index in [1.54, 1.807) is 0 Å². The highest BCUT2D eigenvalue weighted by Crippen LogP contribution is 2.39. The fourth-order valence-corrected chi connectivity index (χ4v) is 2.98. The molecule has 0 atom stereocenters. The number of hydrogen-bond acceptors (Lipinski definition) is 0. The number of benzene rings is 1. The molecule has 3 aromatic rings. The summed E-state index contributed by atoms with van der Waals surface area (Å²) < 4.78 is 4.56. The first-order valence-corrected chi connectivity index (χ1v) is 6.24. The molecule has 1 aromatic carbocycles. The third-order valence-electron chi connectivity index (χ3n) is 3.77. The minimum atomic E-state index is 0.989. The van der Waals surface area contributed by atoms with Crippen LogP contribution in [0.25, 0.3) is 22.5 Å². The van der Waals surface area contributed by atoms with E-state index in [2.05, 4.69) is 71.0 Å². The molecule has 2 heteroatoms. The van der Waals surface area contributed by atoms with Crippen molar-refractivity contribution in [2.45, 2.75) is 6.54 Å². The largest absolute Gasteiger partial charge is 0.348 e. The van der Waals surface area contributed by atoms with Gasteiger partial charge in [-0.1, -0.05) is 30.3 Å². The summed E-state index contributed by atoms with van der Waals surface area (Å²) in [5.41, 5.74) is 6.80. The second-order valence-corrected chi connectivity index (χ2v) is 4.87. The smallest absolute Gasteiger partial charge is 0.0702 e. The molecule has 3 heterocycles. The molecule has 1 aliphatic heterocycles. The maximum Gasteiger partial charge on any atom is 0.0702 e. The van der Waals surface area contributed by atoms with Crippen molar-refractivity contribution in [1.82, 2.24) is 9.13 Å². The Hall–Kier alpha value is -2.22. The molecular formula is C16H14N2. The third kappa shape index (κ3) is 1.17. The molecule has 0 saturated carbocycles. The number of aromatic nitrogens is 2. The predicted molar refractivity (Wildman–Crippen MR) is 73.4 cm³/mol. The van der Waals surface area contributed by atoms with Gasteiger partial charge in [0, 0.05) is 30.6 Å². The minimum Gasteiger partial charge on any atom is -0.348 e. The molecule has 0 unspecified atom stereocenters. The summed E-state index contributed by atoms with van der Waals surface area (Å²) in [7, 11) is 2.13. The summed E-state index contributed by atoms with van der Waals surface area (Å²) in [6.07, 6.45) is 4.40. The second-order valence-electron chi connectivity index (χ2n) is 4.87. The van der Waals surface area contributed by atoms with Crippen molar-refractivity contribution in [1.29, 1.82) is 0 Å². The lowest BCUT2D eigenvalue weighted by Gasteiger charge is -2.02. The van der Waals surface area contributed by atoms with Crippen LogP contribution in [0.1, 0.15) is 5.56 Å². The molecule has 0 aliphatic carbocycles. The Morgan fingerprint density at radius 1 is 1.00 bits per heavy atom. The van der Waals surface area contributed by atoms with E-state index in [1.807, 2.05) is 0 Å². The van der Waals surface area contributed by atoms with E-state index in [9.17, 15) is 0 Å². The summed E-state index contributed by atoms with van der Waals surface area (Å²) in [4.78, 5) is 0. The SMILES string of the molecule is Cn1cc(-c2ccccc2)c2c1-c1cccn1C2. The molecule has 88 valence electrons. The van der Waals surface area contributed by atoms with Gasteiger partial charge >= 0.3 is 0 Å². The van der Waals surface area contributed by atoms with E-state index in [-0.39, 0.29) is 0 Å². The van der Waals surface area contributed by atoms with Crippen molar-refractivity contribution in [2.24, 2.45) is 7.05 Å². The monoisotopic (exact) mass is 234 g/mol. The topological polar surface area (TPSA) is 9.86 Å². The van der Waals surface area contributed by atoms with Crippen LogP contribution in [0.4, 0.5) is 0 Å². The predicted octanol–water partition coefficient (Wildman–Crippen LogP) is 3.52. The van der Waals surface area contributed by atoms with Crippen LogP contribution in [0.15, 0.2) is 54.9 Å². The van der Waals surface area contributed by atoms with Crippen molar-refractivity contribution >= 4 is 0 Å². The van der Waals surface area contributed by atoms with E-state index in [1.165, 1.54) is 28.1 Å². The summed E-state index contributed by atoms with van der Waals surface area (Å²) in [5.74, 6) is 0. The molecule has 0 amide bonds. The van der Waals surface area contributed by atoms with Crippen molar-refractivity contribution < 1.29 is 0 Å².